The van der Waals surface area contributed by atoms with Crippen LogP contribution in [0.15, 0.2) is 41.8 Å². The Morgan fingerprint density at radius 3 is 2.43 bits per heavy atom. The molecule has 1 amide bonds. The fourth-order valence-corrected chi connectivity index (χ4v) is 3.69. The fourth-order valence-electron chi connectivity index (χ4n) is 2.38. The molecule has 1 fully saturated rings. The second-order valence-corrected chi connectivity index (χ2v) is 6.84. The summed E-state index contributed by atoms with van der Waals surface area (Å²) in [5, 5.41) is 2.64. The lowest BCUT2D eigenvalue weighted by Gasteiger charge is -2.12. The number of nitrogens with one attached hydrogen (secondary N) is 2. The summed E-state index contributed by atoms with van der Waals surface area (Å²) in [7, 11) is -3.50. The van der Waals surface area contributed by atoms with Crippen molar-refractivity contribution in [1.29, 1.82) is 0 Å². The van der Waals surface area contributed by atoms with Crippen molar-refractivity contribution in [3.63, 3.8) is 0 Å². The molecule has 0 aliphatic heterocycles. The zero-order chi connectivity index (χ0) is 15.3. The molecule has 0 radical (unpaired) electrons. The quantitative estimate of drug-likeness (QED) is 0.787. The molecule has 2 N–H and O–H groups in total. The summed E-state index contributed by atoms with van der Waals surface area (Å²) in [6.45, 7) is 3.90. The number of benzene rings is 1. The van der Waals surface area contributed by atoms with E-state index in [4.69, 9.17) is 0 Å². The van der Waals surface area contributed by atoms with Gasteiger partial charge in [0.05, 0.1) is 4.90 Å². The van der Waals surface area contributed by atoms with Crippen molar-refractivity contribution >= 4 is 15.9 Å². The van der Waals surface area contributed by atoms with E-state index >= 15 is 0 Å². The highest BCUT2D eigenvalue weighted by molar-refractivity contribution is 7.89. The van der Waals surface area contributed by atoms with Crippen LogP contribution in [0.2, 0.25) is 0 Å². The Balaban J connectivity index is 2.06. The lowest BCUT2D eigenvalue weighted by atomic mass is 10.2. The summed E-state index contributed by atoms with van der Waals surface area (Å²) in [5.74, 6) is -0.248. The van der Waals surface area contributed by atoms with Crippen molar-refractivity contribution in [2.75, 3.05) is 6.54 Å². The summed E-state index contributed by atoms with van der Waals surface area (Å²) >= 11 is 0. The SMILES string of the molecule is C=CCNC(=O)c1ccc(S(=O)(=O)NC2CCCC2)cc1. The van der Waals surface area contributed by atoms with Crippen LogP contribution >= 0.6 is 0 Å². The number of sulfonamides is 1. The standard InChI is InChI=1S/C15H20N2O3S/c1-2-11-16-15(18)12-7-9-14(10-8-12)21(19,20)17-13-5-3-4-6-13/h2,7-10,13,17H,1,3-6,11H2,(H,16,18). The molecule has 0 bridgehead atoms. The third-order valence-electron chi connectivity index (χ3n) is 3.51. The van der Waals surface area contributed by atoms with Crippen LogP contribution in [-0.4, -0.2) is 26.9 Å². The Labute approximate surface area is 125 Å². The van der Waals surface area contributed by atoms with Crippen molar-refractivity contribution in [2.24, 2.45) is 0 Å². The number of carbonyl (C=O) groups is 1. The highest BCUT2D eigenvalue weighted by Gasteiger charge is 2.22. The highest BCUT2D eigenvalue weighted by atomic mass is 32.2. The van der Waals surface area contributed by atoms with E-state index in [0.717, 1.165) is 25.7 Å². The van der Waals surface area contributed by atoms with Crippen LogP contribution in [0.1, 0.15) is 36.0 Å². The van der Waals surface area contributed by atoms with Crippen LogP contribution in [0.5, 0.6) is 0 Å². The molecule has 2 rings (SSSR count). The number of rotatable bonds is 6. The Morgan fingerprint density at radius 1 is 1.24 bits per heavy atom. The zero-order valence-corrected chi connectivity index (χ0v) is 12.7. The van der Waals surface area contributed by atoms with E-state index < -0.39 is 10.0 Å². The number of hydrogen-bond acceptors (Lipinski definition) is 3. The lowest BCUT2D eigenvalue weighted by molar-refractivity contribution is 0.0958. The molecule has 1 aliphatic rings. The molecule has 0 aromatic heterocycles. The van der Waals surface area contributed by atoms with Crippen molar-refractivity contribution in [3.8, 4) is 0 Å². The summed E-state index contributed by atoms with van der Waals surface area (Å²) in [4.78, 5) is 11.9. The maximum absolute atomic E-state index is 12.2. The Morgan fingerprint density at radius 2 is 1.86 bits per heavy atom. The first-order valence-corrected chi connectivity index (χ1v) is 8.53. The first-order chi connectivity index (χ1) is 10.0. The van der Waals surface area contributed by atoms with E-state index in [1.165, 1.54) is 24.3 Å². The minimum absolute atomic E-state index is 0.0329. The summed E-state index contributed by atoms with van der Waals surface area (Å²) < 4.78 is 27.1. The molecule has 0 atom stereocenters. The molecule has 0 unspecified atom stereocenters. The molecule has 1 saturated carbocycles. The maximum Gasteiger partial charge on any atom is 0.251 e. The summed E-state index contributed by atoms with van der Waals surface area (Å²) in [6, 6.07) is 5.98. The first-order valence-electron chi connectivity index (χ1n) is 7.04. The van der Waals surface area contributed by atoms with Gasteiger partial charge in [-0.25, -0.2) is 13.1 Å². The molecule has 0 heterocycles. The van der Waals surface area contributed by atoms with Crippen LogP contribution < -0.4 is 10.0 Å². The number of carbonyl (C=O) groups excluding carboxylic acids is 1. The van der Waals surface area contributed by atoms with Gasteiger partial charge in [-0.15, -0.1) is 6.58 Å². The highest BCUT2D eigenvalue weighted by Crippen LogP contribution is 2.20. The average molecular weight is 308 g/mol. The van der Waals surface area contributed by atoms with Gasteiger partial charge in [-0.1, -0.05) is 18.9 Å². The Bertz CT molecular complexity index is 602. The maximum atomic E-state index is 12.2. The van der Waals surface area contributed by atoms with Gasteiger partial charge in [0, 0.05) is 18.2 Å². The van der Waals surface area contributed by atoms with Crippen molar-refractivity contribution in [2.45, 2.75) is 36.6 Å². The topological polar surface area (TPSA) is 75.3 Å². The van der Waals surface area contributed by atoms with E-state index in [1.54, 1.807) is 6.08 Å². The van der Waals surface area contributed by atoms with Crippen LogP contribution in [0.4, 0.5) is 0 Å². The summed E-state index contributed by atoms with van der Waals surface area (Å²) in [5.41, 5.74) is 0.427. The van der Waals surface area contributed by atoms with E-state index in [9.17, 15) is 13.2 Å². The van der Waals surface area contributed by atoms with E-state index in [2.05, 4.69) is 16.6 Å². The molecule has 5 nitrogen and oxygen atoms in total. The van der Waals surface area contributed by atoms with Gasteiger partial charge in [-0.05, 0) is 37.1 Å². The molecule has 0 saturated heterocycles. The molecule has 1 aromatic rings. The molecule has 114 valence electrons. The van der Waals surface area contributed by atoms with E-state index in [1.807, 2.05) is 0 Å². The second kappa shape index (κ2) is 6.87. The minimum Gasteiger partial charge on any atom is -0.349 e. The molecule has 21 heavy (non-hydrogen) atoms. The molecule has 0 spiro atoms. The minimum atomic E-state index is -3.50. The van der Waals surface area contributed by atoms with Crippen molar-refractivity contribution in [3.05, 3.63) is 42.5 Å². The monoisotopic (exact) mass is 308 g/mol. The predicted molar refractivity (Wildman–Crippen MR) is 81.5 cm³/mol. The lowest BCUT2D eigenvalue weighted by Crippen LogP contribution is -2.32. The first kappa shape index (κ1) is 15.7. The van der Waals surface area contributed by atoms with Crippen LogP contribution in [-0.2, 0) is 10.0 Å². The molecular formula is C15H20N2O3S. The molecule has 1 aromatic carbocycles. The largest absolute Gasteiger partial charge is 0.349 e. The van der Waals surface area contributed by atoms with Crippen LogP contribution in [0, 0.1) is 0 Å². The van der Waals surface area contributed by atoms with Crippen molar-refractivity contribution in [1.82, 2.24) is 10.0 Å². The van der Waals surface area contributed by atoms with Gasteiger partial charge < -0.3 is 5.32 Å². The third kappa shape index (κ3) is 4.15. The molecule has 6 heteroatoms. The van der Waals surface area contributed by atoms with Gasteiger partial charge in [0.2, 0.25) is 10.0 Å². The van der Waals surface area contributed by atoms with E-state index in [-0.39, 0.29) is 16.8 Å². The van der Waals surface area contributed by atoms with Crippen LogP contribution in [0.25, 0.3) is 0 Å². The van der Waals surface area contributed by atoms with Gasteiger partial charge in [0.15, 0.2) is 0 Å². The second-order valence-electron chi connectivity index (χ2n) is 5.13. The average Bonchev–Trinajstić information content (AvgIpc) is 2.97. The van der Waals surface area contributed by atoms with Gasteiger partial charge in [0.1, 0.15) is 0 Å². The third-order valence-corrected chi connectivity index (χ3v) is 5.05. The van der Waals surface area contributed by atoms with Gasteiger partial charge in [-0.3, -0.25) is 4.79 Å². The predicted octanol–water partition coefficient (Wildman–Crippen LogP) is 1.82. The summed E-state index contributed by atoms with van der Waals surface area (Å²) in [6.07, 6.45) is 5.50. The van der Waals surface area contributed by atoms with Crippen LogP contribution in [0.3, 0.4) is 0 Å². The number of amides is 1. The smallest absolute Gasteiger partial charge is 0.251 e. The van der Waals surface area contributed by atoms with Crippen molar-refractivity contribution < 1.29 is 13.2 Å². The number of hydrogen-bond donors (Lipinski definition) is 2. The van der Waals surface area contributed by atoms with Gasteiger partial charge in [-0.2, -0.15) is 0 Å². The molecular weight excluding hydrogens is 288 g/mol. The zero-order valence-electron chi connectivity index (χ0n) is 11.8. The Kier molecular flexibility index (Phi) is 5.14. The fraction of sp³-hybridized carbons (Fsp3) is 0.400. The van der Waals surface area contributed by atoms with Gasteiger partial charge in [0.25, 0.3) is 5.91 Å². The normalized spacial score (nSPS) is 15.8. The van der Waals surface area contributed by atoms with E-state index in [0.29, 0.717) is 12.1 Å². The van der Waals surface area contributed by atoms with Gasteiger partial charge >= 0.3 is 0 Å². The Hall–Kier alpha value is -1.66. The molecule has 1 aliphatic carbocycles.